The van der Waals surface area contributed by atoms with Crippen LogP contribution in [0, 0.1) is 0 Å². The maximum Gasteiger partial charge on any atom is 0.322 e. The van der Waals surface area contributed by atoms with Crippen molar-refractivity contribution in [3.05, 3.63) is 35.4 Å². The van der Waals surface area contributed by atoms with Crippen LogP contribution in [0.4, 0.5) is 4.79 Å². The molecule has 2 atom stereocenters. The van der Waals surface area contributed by atoms with Crippen molar-refractivity contribution in [3.63, 3.8) is 0 Å². The molecule has 30 heavy (non-hydrogen) atoms. The molecule has 0 aliphatic carbocycles. The fraction of sp³-hybridized carbons (Fsp3) is 0.500. The maximum absolute atomic E-state index is 13.0. The summed E-state index contributed by atoms with van der Waals surface area (Å²) in [7, 11) is 0. The third kappa shape index (κ3) is 3.99. The molecule has 3 aliphatic heterocycles. The molecule has 4 rings (SSSR count). The van der Waals surface area contributed by atoms with Gasteiger partial charge in [-0.25, -0.2) is 4.79 Å². The van der Waals surface area contributed by atoms with Gasteiger partial charge in [-0.15, -0.1) is 12.4 Å². The predicted octanol–water partition coefficient (Wildman–Crippen LogP) is 0.199. The monoisotopic (exact) mass is 435 g/mol. The predicted molar refractivity (Wildman–Crippen MR) is 111 cm³/mol. The number of nitrogens with one attached hydrogen (secondary N) is 3. The number of rotatable bonds is 3. The van der Waals surface area contributed by atoms with Gasteiger partial charge in [0.05, 0.1) is 6.54 Å². The largest absolute Gasteiger partial charge is 0.337 e. The van der Waals surface area contributed by atoms with Crippen LogP contribution < -0.4 is 16.0 Å². The fourth-order valence-electron chi connectivity index (χ4n) is 4.28. The van der Waals surface area contributed by atoms with Gasteiger partial charge in [-0.1, -0.05) is 12.1 Å². The molecule has 2 unspecified atom stereocenters. The van der Waals surface area contributed by atoms with Crippen LogP contribution in [-0.2, 0) is 15.1 Å². The second kappa shape index (κ2) is 8.61. The molecule has 0 aromatic heterocycles. The molecule has 1 aromatic rings. The molecule has 0 spiro atoms. The Morgan fingerprint density at radius 3 is 2.50 bits per heavy atom. The Bertz CT molecular complexity index is 861. The lowest BCUT2D eigenvalue weighted by Crippen LogP contribution is -2.57. The number of imide groups is 1. The second-order valence-electron chi connectivity index (χ2n) is 7.92. The number of halogens is 1. The van der Waals surface area contributed by atoms with Crippen LogP contribution in [0.1, 0.15) is 35.7 Å². The smallest absolute Gasteiger partial charge is 0.322 e. The van der Waals surface area contributed by atoms with Crippen molar-refractivity contribution < 1.29 is 19.2 Å². The van der Waals surface area contributed by atoms with Gasteiger partial charge in [-0.2, -0.15) is 0 Å². The SMILES string of the molecule is CC1(c2ccc(C(=O)N3CCCC(N4CCNCC4=O)C3)cc2)NC(=O)NC1=O.Cl. The molecule has 0 radical (unpaired) electrons. The van der Waals surface area contributed by atoms with Gasteiger partial charge in [0.15, 0.2) is 0 Å². The van der Waals surface area contributed by atoms with Gasteiger partial charge in [-0.05, 0) is 37.5 Å². The minimum Gasteiger partial charge on any atom is -0.337 e. The molecular formula is C20H26ClN5O4. The van der Waals surface area contributed by atoms with Crippen molar-refractivity contribution in [1.29, 1.82) is 0 Å². The number of likely N-dealkylation sites (tertiary alicyclic amines) is 1. The number of carbonyl (C=O) groups is 4. The second-order valence-corrected chi connectivity index (χ2v) is 7.92. The van der Waals surface area contributed by atoms with E-state index in [0.29, 0.717) is 37.3 Å². The lowest BCUT2D eigenvalue weighted by Gasteiger charge is -2.41. The summed E-state index contributed by atoms with van der Waals surface area (Å²) in [6, 6.07) is 6.28. The summed E-state index contributed by atoms with van der Waals surface area (Å²) in [6.45, 7) is 4.63. The van der Waals surface area contributed by atoms with Crippen LogP contribution in [0.5, 0.6) is 0 Å². The lowest BCUT2D eigenvalue weighted by molar-refractivity contribution is -0.135. The molecule has 0 saturated carbocycles. The topological polar surface area (TPSA) is 111 Å². The summed E-state index contributed by atoms with van der Waals surface area (Å²) in [6.07, 6.45) is 1.76. The zero-order valence-corrected chi connectivity index (χ0v) is 17.6. The van der Waals surface area contributed by atoms with Gasteiger partial charge in [0.1, 0.15) is 5.54 Å². The van der Waals surface area contributed by atoms with E-state index >= 15 is 0 Å². The number of urea groups is 1. The van der Waals surface area contributed by atoms with E-state index in [4.69, 9.17) is 0 Å². The van der Waals surface area contributed by atoms with E-state index in [9.17, 15) is 19.2 Å². The molecule has 5 amide bonds. The molecule has 162 valence electrons. The highest BCUT2D eigenvalue weighted by Gasteiger charge is 2.43. The Hall–Kier alpha value is -2.65. The summed E-state index contributed by atoms with van der Waals surface area (Å²) in [5.74, 6) is -0.417. The first-order valence-corrected chi connectivity index (χ1v) is 9.92. The molecular weight excluding hydrogens is 410 g/mol. The molecule has 3 heterocycles. The average Bonchev–Trinajstić information content (AvgIpc) is 3.00. The molecule has 3 saturated heterocycles. The standard InChI is InChI=1S/C20H25N5O4.ClH/c1-20(18(28)22-19(29)23-20)14-6-4-13(5-7-14)17(27)24-9-2-3-15(12-24)25-10-8-21-11-16(25)26;/h4-7,15,21H,2-3,8-12H2,1H3,(H2,22,23,28,29);1H. The Morgan fingerprint density at radius 1 is 1.13 bits per heavy atom. The Labute approximate surface area is 180 Å². The van der Waals surface area contributed by atoms with E-state index in [1.165, 1.54) is 0 Å². The minimum absolute atomic E-state index is 0. The molecule has 9 nitrogen and oxygen atoms in total. The molecule has 3 aliphatic rings. The number of piperazine rings is 1. The summed E-state index contributed by atoms with van der Waals surface area (Å²) >= 11 is 0. The van der Waals surface area contributed by atoms with Crippen LogP contribution in [0.3, 0.4) is 0 Å². The lowest BCUT2D eigenvalue weighted by atomic mass is 9.91. The number of piperidine rings is 1. The van der Waals surface area contributed by atoms with E-state index in [2.05, 4.69) is 16.0 Å². The van der Waals surface area contributed by atoms with Crippen molar-refractivity contribution in [2.24, 2.45) is 0 Å². The number of amides is 5. The number of nitrogens with zero attached hydrogens (tertiary/aromatic N) is 2. The third-order valence-corrected chi connectivity index (χ3v) is 6.00. The molecule has 1 aromatic carbocycles. The van der Waals surface area contributed by atoms with Crippen molar-refractivity contribution >= 4 is 36.2 Å². The van der Waals surface area contributed by atoms with Gasteiger partial charge < -0.3 is 20.4 Å². The van der Waals surface area contributed by atoms with Crippen LogP contribution >= 0.6 is 12.4 Å². The number of carbonyl (C=O) groups excluding carboxylic acids is 4. The van der Waals surface area contributed by atoms with Crippen molar-refractivity contribution in [1.82, 2.24) is 25.8 Å². The zero-order chi connectivity index (χ0) is 20.6. The Morgan fingerprint density at radius 2 is 1.87 bits per heavy atom. The first-order valence-electron chi connectivity index (χ1n) is 9.92. The van der Waals surface area contributed by atoms with E-state index < -0.39 is 17.5 Å². The highest BCUT2D eigenvalue weighted by atomic mass is 35.5. The van der Waals surface area contributed by atoms with Gasteiger partial charge >= 0.3 is 6.03 Å². The Kier molecular flexibility index (Phi) is 6.33. The summed E-state index contributed by atoms with van der Waals surface area (Å²) in [5.41, 5.74) is -0.00735. The molecule has 0 bridgehead atoms. The van der Waals surface area contributed by atoms with E-state index in [1.807, 2.05) is 4.90 Å². The highest BCUT2D eigenvalue weighted by molar-refractivity contribution is 6.07. The molecule has 3 fully saturated rings. The first kappa shape index (κ1) is 22.0. The fourth-order valence-corrected chi connectivity index (χ4v) is 4.28. The Balaban J connectivity index is 0.00000256. The summed E-state index contributed by atoms with van der Waals surface area (Å²) < 4.78 is 0. The van der Waals surface area contributed by atoms with Crippen molar-refractivity contribution in [2.45, 2.75) is 31.3 Å². The average molecular weight is 436 g/mol. The number of benzene rings is 1. The third-order valence-electron chi connectivity index (χ3n) is 6.00. The number of hydrogen-bond acceptors (Lipinski definition) is 5. The quantitative estimate of drug-likeness (QED) is 0.587. The van der Waals surface area contributed by atoms with E-state index in [-0.39, 0.29) is 30.3 Å². The normalized spacial score (nSPS) is 26.7. The van der Waals surface area contributed by atoms with E-state index in [0.717, 1.165) is 19.4 Å². The maximum atomic E-state index is 13.0. The van der Waals surface area contributed by atoms with Crippen molar-refractivity contribution in [2.75, 3.05) is 32.7 Å². The molecule has 3 N–H and O–H groups in total. The van der Waals surface area contributed by atoms with Crippen LogP contribution in [-0.4, -0.2) is 72.3 Å². The van der Waals surface area contributed by atoms with Gasteiger partial charge in [0.25, 0.3) is 11.8 Å². The van der Waals surface area contributed by atoms with Crippen molar-refractivity contribution in [3.8, 4) is 0 Å². The van der Waals surface area contributed by atoms with Gasteiger partial charge in [-0.3, -0.25) is 19.7 Å². The summed E-state index contributed by atoms with van der Waals surface area (Å²) in [5, 5.41) is 7.93. The van der Waals surface area contributed by atoms with Gasteiger partial charge in [0.2, 0.25) is 5.91 Å². The minimum atomic E-state index is -1.14. The van der Waals surface area contributed by atoms with Crippen LogP contribution in [0.15, 0.2) is 24.3 Å². The number of hydrogen-bond donors (Lipinski definition) is 3. The van der Waals surface area contributed by atoms with E-state index in [1.54, 1.807) is 36.1 Å². The van der Waals surface area contributed by atoms with Crippen LogP contribution in [0.25, 0.3) is 0 Å². The molecule has 10 heteroatoms. The van der Waals surface area contributed by atoms with Crippen LogP contribution in [0.2, 0.25) is 0 Å². The first-order chi connectivity index (χ1) is 13.9. The van der Waals surface area contributed by atoms with Gasteiger partial charge in [0, 0.05) is 37.8 Å². The summed E-state index contributed by atoms with van der Waals surface area (Å²) in [4.78, 5) is 52.4. The zero-order valence-electron chi connectivity index (χ0n) is 16.8. The highest BCUT2D eigenvalue weighted by Crippen LogP contribution is 2.25.